The fourth-order valence-electron chi connectivity index (χ4n) is 0.874. The highest BCUT2D eigenvalue weighted by molar-refractivity contribution is 9.10. The molecule has 0 unspecified atom stereocenters. The molecule has 2 heteroatoms. The molecule has 1 aromatic carbocycles. The average Bonchev–Trinajstić information content (AvgIpc) is 2.33. The van der Waals surface area contributed by atoms with E-state index in [2.05, 4.69) is 34.1 Å². The summed E-state index contributed by atoms with van der Waals surface area (Å²) in [6.07, 6.45) is 0. The third kappa shape index (κ3) is 0.976. The van der Waals surface area contributed by atoms with Crippen LogP contribution in [-0.2, 0) is 0 Å². The molecule has 2 rings (SSSR count). The van der Waals surface area contributed by atoms with E-state index in [0.29, 0.717) is 0 Å². The van der Waals surface area contributed by atoms with Gasteiger partial charge < -0.3 is 0 Å². The molecule has 0 aliphatic rings. The number of halogens is 1. The van der Waals surface area contributed by atoms with E-state index >= 15 is 0 Å². The molecule has 0 spiro atoms. The minimum absolute atomic E-state index is 1.12. The Morgan fingerprint density at radius 3 is 3.20 bits per heavy atom. The van der Waals surface area contributed by atoms with Gasteiger partial charge in [-0.15, -0.1) is 11.3 Å². The van der Waals surface area contributed by atoms with Gasteiger partial charge in [0.25, 0.3) is 0 Å². The maximum atomic E-state index is 3.40. The SMILES string of the molecule is Brc1ccc2sc[c]c2c1. The van der Waals surface area contributed by atoms with E-state index in [9.17, 15) is 0 Å². The summed E-state index contributed by atoms with van der Waals surface area (Å²) in [5, 5.41) is 3.18. The second kappa shape index (κ2) is 2.36. The van der Waals surface area contributed by atoms with Crippen molar-refractivity contribution in [3.05, 3.63) is 34.1 Å². The van der Waals surface area contributed by atoms with E-state index in [4.69, 9.17) is 0 Å². The van der Waals surface area contributed by atoms with Gasteiger partial charge in [-0.1, -0.05) is 15.9 Å². The molecule has 0 N–H and O–H groups in total. The minimum atomic E-state index is 1.12. The molecule has 10 heavy (non-hydrogen) atoms. The predicted octanol–water partition coefficient (Wildman–Crippen LogP) is 3.46. The summed E-state index contributed by atoms with van der Waals surface area (Å²) >= 11 is 5.12. The van der Waals surface area contributed by atoms with E-state index < -0.39 is 0 Å². The van der Waals surface area contributed by atoms with E-state index in [-0.39, 0.29) is 0 Å². The zero-order chi connectivity index (χ0) is 6.97. The van der Waals surface area contributed by atoms with E-state index in [0.717, 1.165) is 4.47 Å². The third-order valence-electron chi connectivity index (χ3n) is 1.34. The summed E-state index contributed by atoms with van der Waals surface area (Å²) in [5.74, 6) is 0. The Kier molecular flexibility index (Phi) is 1.51. The van der Waals surface area contributed by atoms with Crippen molar-refractivity contribution in [3.8, 4) is 0 Å². The van der Waals surface area contributed by atoms with Gasteiger partial charge >= 0.3 is 0 Å². The van der Waals surface area contributed by atoms with Gasteiger partial charge in [0.05, 0.1) is 0 Å². The molecule has 0 fully saturated rings. The number of fused-ring (bicyclic) bond motifs is 1. The largest absolute Gasteiger partial charge is 0.143 e. The monoisotopic (exact) mass is 211 g/mol. The van der Waals surface area contributed by atoms with Crippen molar-refractivity contribution in [2.24, 2.45) is 0 Å². The molecule has 2 aromatic rings. The molecule has 0 amide bonds. The Labute approximate surface area is 71.6 Å². The van der Waals surface area contributed by atoms with Gasteiger partial charge in [-0.2, -0.15) is 0 Å². The lowest BCUT2D eigenvalue weighted by atomic mass is 10.3. The van der Waals surface area contributed by atoms with Gasteiger partial charge in [0.15, 0.2) is 0 Å². The summed E-state index contributed by atoms with van der Waals surface area (Å²) in [4.78, 5) is 0. The zero-order valence-electron chi connectivity index (χ0n) is 5.10. The van der Waals surface area contributed by atoms with Crippen molar-refractivity contribution < 1.29 is 0 Å². The van der Waals surface area contributed by atoms with Gasteiger partial charge in [0.2, 0.25) is 0 Å². The van der Waals surface area contributed by atoms with Crippen molar-refractivity contribution >= 4 is 37.4 Å². The molecular weight excluding hydrogens is 208 g/mol. The van der Waals surface area contributed by atoms with E-state index in [1.807, 2.05) is 11.4 Å². The normalized spacial score (nSPS) is 10.5. The molecule has 0 aliphatic carbocycles. The number of hydrogen-bond donors (Lipinski definition) is 0. The Morgan fingerprint density at radius 1 is 1.40 bits per heavy atom. The first-order chi connectivity index (χ1) is 4.86. The Morgan fingerprint density at radius 2 is 2.30 bits per heavy atom. The predicted molar refractivity (Wildman–Crippen MR) is 48.4 cm³/mol. The maximum Gasteiger partial charge on any atom is 0.0349 e. The minimum Gasteiger partial charge on any atom is -0.143 e. The molecule has 0 atom stereocenters. The number of benzene rings is 1. The van der Waals surface area contributed by atoms with Crippen LogP contribution in [0.3, 0.4) is 0 Å². The smallest absolute Gasteiger partial charge is 0.0349 e. The highest BCUT2D eigenvalue weighted by atomic mass is 79.9. The first kappa shape index (κ1) is 6.38. The van der Waals surface area contributed by atoms with Crippen LogP contribution < -0.4 is 0 Å². The van der Waals surface area contributed by atoms with Crippen LogP contribution in [0.15, 0.2) is 28.1 Å². The topological polar surface area (TPSA) is 0 Å². The third-order valence-corrected chi connectivity index (χ3v) is 2.68. The first-order valence-electron chi connectivity index (χ1n) is 2.91. The van der Waals surface area contributed by atoms with Crippen molar-refractivity contribution in [2.75, 3.05) is 0 Å². The van der Waals surface area contributed by atoms with Crippen LogP contribution in [0.25, 0.3) is 10.1 Å². The Bertz CT molecular complexity index is 351. The molecule has 0 aliphatic heterocycles. The van der Waals surface area contributed by atoms with Crippen LogP contribution in [0.2, 0.25) is 0 Å². The lowest BCUT2D eigenvalue weighted by Gasteiger charge is -1.88. The first-order valence-corrected chi connectivity index (χ1v) is 4.58. The van der Waals surface area contributed by atoms with Crippen LogP contribution in [0.1, 0.15) is 0 Å². The lowest BCUT2D eigenvalue weighted by molar-refractivity contribution is 1.76. The van der Waals surface area contributed by atoms with Crippen LogP contribution in [0.5, 0.6) is 0 Å². The fraction of sp³-hybridized carbons (Fsp3) is 0. The van der Waals surface area contributed by atoms with Crippen molar-refractivity contribution in [1.82, 2.24) is 0 Å². The molecular formula is C8H4BrS. The fourth-order valence-corrected chi connectivity index (χ4v) is 1.94. The van der Waals surface area contributed by atoms with Crippen LogP contribution in [-0.4, -0.2) is 0 Å². The van der Waals surface area contributed by atoms with Gasteiger partial charge in [-0.25, -0.2) is 0 Å². The van der Waals surface area contributed by atoms with E-state index in [1.165, 1.54) is 10.1 Å². The van der Waals surface area contributed by atoms with Gasteiger partial charge in [-0.3, -0.25) is 0 Å². The molecule has 1 heterocycles. The lowest BCUT2D eigenvalue weighted by Crippen LogP contribution is -1.62. The van der Waals surface area contributed by atoms with Crippen LogP contribution in [0.4, 0.5) is 0 Å². The van der Waals surface area contributed by atoms with Gasteiger partial charge in [-0.05, 0) is 23.6 Å². The summed E-state index contributed by atoms with van der Waals surface area (Å²) < 4.78 is 2.41. The van der Waals surface area contributed by atoms with Crippen molar-refractivity contribution in [3.63, 3.8) is 0 Å². The Balaban J connectivity index is 2.86. The number of rotatable bonds is 0. The van der Waals surface area contributed by atoms with Gasteiger partial charge in [0, 0.05) is 20.6 Å². The summed E-state index contributed by atoms with van der Waals surface area (Å²) in [6, 6.07) is 9.37. The van der Waals surface area contributed by atoms with Crippen molar-refractivity contribution in [1.29, 1.82) is 0 Å². The van der Waals surface area contributed by atoms with E-state index in [1.54, 1.807) is 11.3 Å². The second-order valence-corrected chi connectivity index (χ2v) is 3.85. The Hall–Kier alpha value is -0.340. The van der Waals surface area contributed by atoms with Crippen LogP contribution in [0, 0.1) is 6.07 Å². The molecule has 1 aromatic heterocycles. The summed E-state index contributed by atoms with van der Waals surface area (Å²) in [5.41, 5.74) is 0. The molecule has 0 saturated heterocycles. The molecule has 0 nitrogen and oxygen atoms in total. The van der Waals surface area contributed by atoms with Gasteiger partial charge in [0.1, 0.15) is 0 Å². The standard InChI is InChI=1S/C8H4BrS/c9-7-1-2-8-6(5-7)3-4-10-8/h1-2,4-5H. The van der Waals surface area contributed by atoms with Crippen LogP contribution >= 0.6 is 27.3 Å². The quantitative estimate of drug-likeness (QED) is 0.627. The number of hydrogen-bond acceptors (Lipinski definition) is 1. The molecule has 49 valence electrons. The average molecular weight is 212 g/mol. The summed E-state index contributed by atoms with van der Waals surface area (Å²) in [7, 11) is 0. The van der Waals surface area contributed by atoms with Crippen molar-refractivity contribution in [2.45, 2.75) is 0 Å². The highest BCUT2D eigenvalue weighted by Crippen LogP contribution is 2.23. The molecule has 1 radical (unpaired) electrons. The molecule has 0 saturated carbocycles. The second-order valence-electron chi connectivity index (χ2n) is 2.02. The summed E-state index contributed by atoms with van der Waals surface area (Å²) in [6.45, 7) is 0. The zero-order valence-corrected chi connectivity index (χ0v) is 7.50. The number of thiophene rings is 1. The highest BCUT2D eigenvalue weighted by Gasteiger charge is 1.93. The molecule has 0 bridgehead atoms. The maximum absolute atomic E-state index is 3.40.